The predicted molar refractivity (Wildman–Crippen MR) is 84.4 cm³/mol. The van der Waals surface area contributed by atoms with E-state index in [9.17, 15) is 5.26 Å². The second-order valence-corrected chi connectivity index (χ2v) is 5.15. The van der Waals surface area contributed by atoms with E-state index in [1.807, 2.05) is 60.7 Å². The molecule has 2 aromatic carbocycles. The standard InChI is InChI=1S/C19H21NO/c1-2-9-18(14-20)19(17-12-7-4-8-13-17)21-15-16-10-5-3-6-11-16/h3-8,10-13,18-19H,2,9,15H2,1H3. The number of rotatable bonds is 7. The molecule has 0 heterocycles. The zero-order valence-corrected chi connectivity index (χ0v) is 12.4. The first kappa shape index (κ1) is 15.3. The number of benzene rings is 2. The van der Waals surface area contributed by atoms with Crippen LogP contribution in [0, 0.1) is 17.2 Å². The van der Waals surface area contributed by atoms with Gasteiger partial charge in [0.15, 0.2) is 0 Å². The van der Waals surface area contributed by atoms with E-state index in [-0.39, 0.29) is 12.0 Å². The largest absolute Gasteiger partial charge is 0.367 e. The average molecular weight is 279 g/mol. The van der Waals surface area contributed by atoms with Crippen molar-refractivity contribution in [3.63, 3.8) is 0 Å². The fourth-order valence-corrected chi connectivity index (χ4v) is 2.44. The summed E-state index contributed by atoms with van der Waals surface area (Å²) in [5.41, 5.74) is 2.21. The van der Waals surface area contributed by atoms with Crippen LogP contribution in [0.3, 0.4) is 0 Å². The van der Waals surface area contributed by atoms with Crippen molar-refractivity contribution in [3.05, 3.63) is 71.8 Å². The summed E-state index contributed by atoms with van der Waals surface area (Å²) >= 11 is 0. The lowest BCUT2D eigenvalue weighted by molar-refractivity contribution is 0.0116. The van der Waals surface area contributed by atoms with Crippen LogP contribution < -0.4 is 0 Å². The molecule has 2 atom stereocenters. The Hall–Kier alpha value is -2.11. The van der Waals surface area contributed by atoms with E-state index in [4.69, 9.17) is 4.74 Å². The Morgan fingerprint density at radius 2 is 1.62 bits per heavy atom. The molecule has 2 heteroatoms. The maximum atomic E-state index is 9.46. The fourth-order valence-electron chi connectivity index (χ4n) is 2.44. The minimum atomic E-state index is -0.170. The Morgan fingerprint density at radius 1 is 1.00 bits per heavy atom. The maximum absolute atomic E-state index is 9.46. The highest BCUT2D eigenvalue weighted by molar-refractivity contribution is 5.20. The van der Waals surface area contributed by atoms with Crippen molar-refractivity contribution in [2.45, 2.75) is 32.5 Å². The number of hydrogen-bond acceptors (Lipinski definition) is 2. The number of ether oxygens (including phenoxy) is 1. The molecular formula is C19H21NO. The van der Waals surface area contributed by atoms with Crippen molar-refractivity contribution in [2.75, 3.05) is 0 Å². The fraction of sp³-hybridized carbons (Fsp3) is 0.316. The SMILES string of the molecule is CCCC(C#N)C(OCc1ccccc1)c1ccccc1. The third-order valence-electron chi connectivity index (χ3n) is 3.53. The molecule has 0 bridgehead atoms. The van der Waals surface area contributed by atoms with Crippen molar-refractivity contribution >= 4 is 0 Å². The molecule has 0 N–H and O–H groups in total. The first-order chi connectivity index (χ1) is 10.3. The van der Waals surface area contributed by atoms with Crippen LogP contribution in [0.25, 0.3) is 0 Å². The smallest absolute Gasteiger partial charge is 0.0987 e. The summed E-state index contributed by atoms with van der Waals surface area (Å²) in [6, 6.07) is 22.6. The second kappa shape index (κ2) is 8.24. The summed E-state index contributed by atoms with van der Waals surface area (Å²) in [5, 5.41) is 9.46. The molecule has 0 saturated heterocycles. The minimum Gasteiger partial charge on any atom is -0.367 e. The summed E-state index contributed by atoms with van der Waals surface area (Å²) in [6.07, 6.45) is 1.66. The van der Waals surface area contributed by atoms with Gasteiger partial charge in [-0.15, -0.1) is 0 Å². The van der Waals surface area contributed by atoms with Gasteiger partial charge in [0.2, 0.25) is 0 Å². The maximum Gasteiger partial charge on any atom is 0.0987 e. The van der Waals surface area contributed by atoms with Gasteiger partial charge in [-0.1, -0.05) is 74.0 Å². The summed E-state index contributed by atoms with van der Waals surface area (Å²) in [6.45, 7) is 2.63. The second-order valence-electron chi connectivity index (χ2n) is 5.15. The molecule has 0 spiro atoms. The van der Waals surface area contributed by atoms with Crippen LogP contribution >= 0.6 is 0 Å². The van der Waals surface area contributed by atoms with Crippen molar-refractivity contribution < 1.29 is 4.74 Å². The lowest BCUT2D eigenvalue weighted by atomic mass is 9.93. The zero-order valence-electron chi connectivity index (χ0n) is 12.4. The van der Waals surface area contributed by atoms with E-state index in [2.05, 4.69) is 13.0 Å². The van der Waals surface area contributed by atoms with Gasteiger partial charge in [0.05, 0.1) is 24.7 Å². The van der Waals surface area contributed by atoms with Crippen LogP contribution in [0.1, 0.15) is 37.0 Å². The van der Waals surface area contributed by atoms with Gasteiger partial charge in [-0.25, -0.2) is 0 Å². The highest BCUT2D eigenvalue weighted by atomic mass is 16.5. The van der Waals surface area contributed by atoms with Crippen molar-refractivity contribution in [2.24, 2.45) is 5.92 Å². The lowest BCUT2D eigenvalue weighted by Gasteiger charge is -2.23. The third kappa shape index (κ3) is 4.44. The van der Waals surface area contributed by atoms with Crippen LogP contribution in [0.5, 0.6) is 0 Å². The summed E-state index contributed by atoms with van der Waals surface area (Å²) in [5.74, 6) is -0.110. The molecule has 2 unspecified atom stereocenters. The van der Waals surface area contributed by atoms with E-state index in [1.165, 1.54) is 0 Å². The molecule has 0 aromatic heterocycles. The van der Waals surface area contributed by atoms with Gasteiger partial charge in [0, 0.05) is 0 Å². The molecule has 2 nitrogen and oxygen atoms in total. The quantitative estimate of drug-likeness (QED) is 0.723. The first-order valence-electron chi connectivity index (χ1n) is 7.45. The molecule has 0 saturated carbocycles. The molecule has 21 heavy (non-hydrogen) atoms. The number of nitriles is 1. The van der Waals surface area contributed by atoms with Crippen LogP contribution in [-0.4, -0.2) is 0 Å². The van der Waals surface area contributed by atoms with Crippen LogP contribution in [0.15, 0.2) is 60.7 Å². The number of hydrogen-bond donors (Lipinski definition) is 0. The molecule has 2 rings (SSSR count). The average Bonchev–Trinajstić information content (AvgIpc) is 2.56. The highest BCUT2D eigenvalue weighted by Gasteiger charge is 2.23. The Balaban J connectivity index is 2.14. The van der Waals surface area contributed by atoms with Gasteiger partial charge in [0.1, 0.15) is 0 Å². The van der Waals surface area contributed by atoms with Crippen molar-refractivity contribution in [1.29, 1.82) is 5.26 Å². The van der Waals surface area contributed by atoms with Gasteiger partial charge >= 0.3 is 0 Å². The van der Waals surface area contributed by atoms with E-state index < -0.39 is 0 Å². The highest BCUT2D eigenvalue weighted by Crippen LogP contribution is 2.30. The van der Waals surface area contributed by atoms with Gasteiger partial charge in [-0.05, 0) is 17.5 Å². The van der Waals surface area contributed by atoms with E-state index >= 15 is 0 Å². The predicted octanol–water partition coefficient (Wildman–Crippen LogP) is 4.88. The molecule has 0 aliphatic rings. The molecule has 0 fully saturated rings. The lowest BCUT2D eigenvalue weighted by Crippen LogP contribution is -2.15. The van der Waals surface area contributed by atoms with Crippen LogP contribution in [0.4, 0.5) is 0 Å². The van der Waals surface area contributed by atoms with E-state index in [0.29, 0.717) is 6.61 Å². The first-order valence-corrected chi connectivity index (χ1v) is 7.45. The van der Waals surface area contributed by atoms with Gasteiger partial charge in [0.25, 0.3) is 0 Å². The molecular weight excluding hydrogens is 258 g/mol. The van der Waals surface area contributed by atoms with Crippen molar-refractivity contribution in [1.82, 2.24) is 0 Å². The Morgan fingerprint density at radius 3 is 2.19 bits per heavy atom. The van der Waals surface area contributed by atoms with Gasteiger partial charge < -0.3 is 4.74 Å². The van der Waals surface area contributed by atoms with Crippen molar-refractivity contribution in [3.8, 4) is 6.07 Å². The van der Waals surface area contributed by atoms with Gasteiger partial charge in [-0.3, -0.25) is 0 Å². The van der Waals surface area contributed by atoms with E-state index in [1.54, 1.807) is 0 Å². The van der Waals surface area contributed by atoms with Crippen LogP contribution in [0.2, 0.25) is 0 Å². The molecule has 108 valence electrons. The van der Waals surface area contributed by atoms with Crippen LogP contribution in [-0.2, 0) is 11.3 Å². The molecule has 0 radical (unpaired) electrons. The third-order valence-corrected chi connectivity index (χ3v) is 3.53. The summed E-state index contributed by atoms with van der Waals surface area (Å²) < 4.78 is 6.10. The number of nitrogens with zero attached hydrogens (tertiary/aromatic N) is 1. The summed E-state index contributed by atoms with van der Waals surface area (Å²) in [7, 11) is 0. The monoisotopic (exact) mass is 279 g/mol. The van der Waals surface area contributed by atoms with Gasteiger partial charge in [-0.2, -0.15) is 5.26 Å². The molecule has 2 aromatic rings. The normalized spacial score (nSPS) is 13.3. The Kier molecular flexibility index (Phi) is 5.99. The molecule has 0 amide bonds. The molecule has 0 aliphatic carbocycles. The van der Waals surface area contributed by atoms with E-state index in [0.717, 1.165) is 24.0 Å². The Bertz CT molecular complexity index is 559. The summed E-state index contributed by atoms with van der Waals surface area (Å²) in [4.78, 5) is 0. The zero-order chi connectivity index (χ0) is 14.9. The minimum absolute atomic E-state index is 0.110. The topological polar surface area (TPSA) is 33.0 Å². The Labute approximate surface area is 127 Å². The molecule has 0 aliphatic heterocycles.